The highest BCUT2D eigenvalue weighted by Gasteiger charge is 2.25. The summed E-state index contributed by atoms with van der Waals surface area (Å²) in [7, 11) is 1.38. The standard InChI is InChI=1S/C27H27N3O3S/c1-6-19-10-12-21(13-11-19)28-27-29-25(31)24(34-27)15-20-14-16(2)30(18(20)4)23-9-7-8-22(17(23)3)26(32)33-5/h7-15H,6H2,1-5H3,(H,28,29,31)/b24-15-. The molecule has 0 atom stereocenters. The number of amidine groups is 1. The lowest BCUT2D eigenvalue weighted by atomic mass is 10.1. The molecule has 0 bridgehead atoms. The lowest BCUT2D eigenvalue weighted by Gasteiger charge is -2.15. The van der Waals surface area contributed by atoms with Crippen molar-refractivity contribution >= 4 is 40.6 Å². The molecular weight excluding hydrogens is 446 g/mol. The van der Waals surface area contributed by atoms with Crippen LogP contribution in [0.1, 0.15) is 45.4 Å². The molecule has 174 valence electrons. The highest BCUT2D eigenvalue weighted by molar-refractivity contribution is 8.18. The second-order valence-electron chi connectivity index (χ2n) is 8.10. The topological polar surface area (TPSA) is 72.7 Å². The molecule has 3 aromatic rings. The molecular formula is C27H27N3O3S. The van der Waals surface area contributed by atoms with E-state index in [9.17, 15) is 9.59 Å². The Bertz CT molecular complexity index is 1330. The number of ether oxygens (including phenoxy) is 1. The van der Waals surface area contributed by atoms with Gasteiger partial charge in [-0.3, -0.25) is 4.79 Å². The van der Waals surface area contributed by atoms with Gasteiger partial charge >= 0.3 is 5.97 Å². The minimum absolute atomic E-state index is 0.164. The fourth-order valence-electron chi connectivity index (χ4n) is 4.05. The van der Waals surface area contributed by atoms with Crippen molar-refractivity contribution in [1.82, 2.24) is 9.88 Å². The van der Waals surface area contributed by atoms with Crippen LogP contribution < -0.4 is 5.32 Å². The van der Waals surface area contributed by atoms with Crippen molar-refractivity contribution in [2.45, 2.75) is 34.1 Å². The molecule has 1 fully saturated rings. The van der Waals surface area contributed by atoms with Crippen LogP contribution in [-0.4, -0.2) is 28.7 Å². The number of aromatic nitrogens is 1. The third-order valence-corrected chi connectivity index (χ3v) is 6.84. The molecule has 1 aliphatic rings. The van der Waals surface area contributed by atoms with Gasteiger partial charge in [0, 0.05) is 17.1 Å². The highest BCUT2D eigenvalue weighted by atomic mass is 32.2. The number of carbonyl (C=O) groups is 2. The Morgan fingerprint density at radius 2 is 1.88 bits per heavy atom. The van der Waals surface area contributed by atoms with Crippen molar-refractivity contribution in [2.75, 3.05) is 7.11 Å². The van der Waals surface area contributed by atoms with E-state index in [0.717, 1.165) is 40.3 Å². The number of benzene rings is 2. The summed E-state index contributed by atoms with van der Waals surface area (Å²) in [5.74, 6) is -0.526. The van der Waals surface area contributed by atoms with Gasteiger partial charge in [-0.1, -0.05) is 25.1 Å². The second kappa shape index (κ2) is 9.73. The molecule has 0 saturated carbocycles. The third-order valence-electron chi connectivity index (χ3n) is 5.93. The van der Waals surface area contributed by atoms with Crippen molar-refractivity contribution in [3.63, 3.8) is 0 Å². The van der Waals surface area contributed by atoms with Crippen molar-refractivity contribution in [3.8, 4) is 5.69 Å². The first-order valence-corrected chi connectivity index (χ1v) is 11.9. The average molecular weight is 474 g/mol. The van der Waals surface area contributed by atoms with Crippen LogP contribution in [-0.2, 0) is 16.0 Å². The van der Waals surface area contributed by atoms with E-state index in [2.05, 4.69) is 21.8 Å². The first-order chi connectivity index (χ1) is 16.3. The van der Waals surface area contributed by atoms with Gasteiger partial charge < -0.3 is 14.6 Å². The molecule has 1 saturated heterocycles. The maximum atomic E-state index is 12.6. The second-order valence-corrected chi connectivity index (χ2v) is 9.14. The van der Waals surface area contributed by atoms with Crippen molar-refractivity contribution in [2.24, 2.45) is 4.99 Å². The molecule has 7 heteroatoms. The lowest BCUT2D eigenvalue weighted by Crippen LogP contribution is -2.19. The Kier molecular flexibility index (Phi) is 6.75. The minimum atomic E-state index is -0.362. The van der Waals surface area contributed by atoms with E-state index < -0.39 is 0 Å². The van der Waals surface area contributed by atoms with Crippen LogP contribution in [0.4, 0.5) is 5.69 Å². The molecule has 0 aliphatic carbocycles. The van der Waals surface area contributed by atoms with Crippen LogP contribution in [0, 0.1) is 20.8 Å². The molecule has 34 heavy (non-hydrogen) atoms. The number of esters is 1. The van der Waals surface area contributed by atoms with Gasteiger partial charge in [0.25, 0.3) is 5.91 Å². The molecule has 0 spiro atoms. The predicted molar refractivity (Wildman–Crippen MR) is 138 cm³/mol. The van der Waals surface area contributed by atoms with Crippen LogP contribution in [0.15, 0.2) is 58.4 Å². The van der Waals surface area contributed by atoms with Crippen LogP contribution in [0.2, 0.25) is 0 Å². The normalized spacial score (nSPS) is 15.7. The fraction of sp³-hybridized carbons (Fsp3) is 0.222. The third kappa shape index (κ3) is 4.56. The van der Waals surface area contributed by atoms with E-state index in [1.165, 1.54) is 24.4 Å². The maximum absolute atomic E-state index is 12.6. The average Bonchev–Trinajstić information content (AvgIpc) is 3.31. The van der Waals surface area contributed by atoms with Gasteiger partial charge in [0.15, 0.2) is 5.17 Å². The minimum Gasteiger partial charge on any atom is -0.465 e. The molecule has 2 aromatic carbocycles. The first kappa shape index (κ1) is 23.6. The number of aliphatic imine (C=N–C) groups is 1. The van der Waals surface area contributed by atoms with Gasteiger partial charge in [0.05, 0.1) is 23.3 Å². The summed E-state index contributed by atoms with van der Waals surface area (Å²) in [4.78, 5) is 29.9. The molecule has 4 rings (SSSR count). The number of hydrogen-bond acceptors (Lipinski definition) is 5. The molecule has 0 radical (unpaired) electrons. The Morgan fingerprint density at radius 1 is 1.15 bits per heavy atom. The zero-order valence-electron chi connectivity index (χ0n) is 19.9. The van der Waals surface area contributed by atoms with Crippen molar-refractivity contribution in [3.05, 3.63) is 87.1 Å². The Balaban J connectivity index is 1.65. The number of thioether (sulfide) groups is 1. The molecule has 6 nitrogen and oxygen atoms in total. The number of hydrogen-bond donors (Lipinski definition) is 1. The first-order valence-electron chi connectivity index (χ1n) is 11.1. The summed E-state index contributed by atoms with van der Waals surface area (Å²) >= 11 is 1.33. The quantitative estimate of drug-likeness (QED) is 0.384. The van der Waals surface area contributed by atoms with Gasteiger partial charge in [-0.05, 0) is 92.1 Å². The van der Waals surface area contributed by atoms with E-state index in [4.69, 9.17) is 4.74 Å². The Hall–Kier alpha value is -3.58. The molecule has 1 amide bonds. The fourth-order valence-corrected chi connectivity index (χ4v) is 4.88. The number of carbonyl (C=O) groups excluding carboxylic acids is 2. The van der Waals surface area contributed by atoms with Crippen LogP contribution >= 0.6 is 11.8 Å². The summed E-state index contributed by atoms with van der Waals surface area (Å²) in [6, 6.07) is 15.6. The van der Waals surface area contributed by atoms with Crippen LogP contribution in [0.3, 0.4) is 0 Å². The van der Waals surface area contributed by atoms with E-state index in [1.54, 1.807) is 6.07 Å². The monoisotopic (exact) mass is 473 g/mol. The SMILES string of the molecule is CCc1ccc(N=C2NC(=O)/C(=C/c3cc(C)n(-c4cccc(C(=O)OC)c4C)c3C)S2)cc1. The number of nitrogens with one attached hydrogen (secondary N) is 1. The summed E-state index contributed by atoms with van der Waals surface area (Å²) in [6.45, 7) is 8.03. The molecule has 1 aliphatic heterocycles. The molecule has 2 heterocycles. The van der Waals surface area contributed by atoms with E-state index in [-0.39, 0.29) is 11.9 Å². The zero-order chi connectivity index (χ0) is 24.4. The summed E-state index contributed by atoms with van der Waals surface area (Å²) < 4.78 is 7.02. The predicted octanol–water partition coefficient (Wildman–Crippen LogP) is 5.64. The van der Waals surface area contributed by atoms with E-state index in [0.29, 0.717) is 15.6 Å². The maximum Gasteiger partial charge on any atom is 0.338 e. The van der Waals surface area contributed by atoms with Gasteiger partial charge in [-0.25, -0.2) is 9.79 Å². The number of methoxy groups -OCH3 is 1. The number of aryl methyl sites for hydroxylation is 2. The van der Waals surface area contributed by atoms with Gasteiger partial charge in [0.2, 0.25) is 0 Å². The number of amides is 1. The van der Waals surface area contributed by atoms with E-state index >= 15 is 0 Å². The van der Waals surface area contributed by atoms with Gasteiger partial charge in [-0.2, -0.15) is 0 Å². The zero-order valence-corrected chi connectivity index (χ0v) is 20.7. The Labute approximate surface area is 203 Å². The van der Waals surface area contributed by atoms with Gasteiger partial charge in [0.1, 0.15) is 0 Å². The number of nitrogens with zero attached hydrogens (tertiary/aromatic N) is 2. The molecule has 0 unspecified atom stereocenters. The van der Waals surface area contributed by atoms with E-state index in [1.807, 2.05) is 69.3 Å². The van der Waals surface area contributed by atoms with Crippen LogP contribution in [0.25, 0.3) is 11.8 Å². The van der Waals surface area contributed by atoms with Crippen LogP contribution in [0.5, 0.6) is 0 Å². The Morgan fingerprint density at radius 3 is 2.56 bits per heavy atom. The summed E-state index contributed by atoms with van der Waals surface area (Å²) in [5, 5.41) is 3.42. The summed E-state index contributed by atoms with van der Waals surface area (Å²) in [6.07, 6.45) is 2.86. The largest absolute Gasteiger partial charge is 0.465 e. The molecule has 1 aromatic heterocycles. The molecule has 1 N–H and O–H groups in total. The number of rotatable bonds is 5. The smallest absolute Gasteiger partial charge is 0.338 e. The lowest BCUT2D eigenvalue weighted by molar-refractivity contribution is -0.115. The van der Waals surface area contributed by atoms with Gasteiger partial charge in [-0.15, -0.1) is 0 Å². The van der Waals surface area contributed by atoms with Crippen molar-refractivity contribution in [1.29, 1.82) is 0 Å². The summed E-state index contributed by atoms with van der Waals surface area (Å²) in [5.41, 5.74) is 7.25. The van der Waals surface area contributed by atoms with Crippen molar-refractivity contribution < 1.29 is 14.3 Å². The highest BCUT2D eigenvalue weighted by Crippen LogP contribution is 2.31.